The van der Waals surface area contributed by atoms with Crippen molar-refractivity contribution in [2.75, 3.05) is 21.3 Å². The molecule has 0 spiro atoms. The Kier molecular flexibility index (Phi) is 10.8. The summed E-state index contributed by atoms with van der Waals surface area (Å²) < 4.78 is 28.8. The first kappa shape index (κ1) is 38.8. The summed E-state index contributed by atoms with van der Waals surface area (Å²) in [5.41, 5.74) is 7.22. The number of rotatable bonds is 11. The number of methoxy groups -OCH3 is 3. The van der Waals surface area contributed by atoms with E-state index in [9.17, 15) is 14.4 Å². The van der Waals surface area contributed by atoms with E-state index in [1.807, 2.05) is 59.3 Å². The molecule has 3 aliphatic heterocycles. The van der Waals surface area contributed by atoms with Crippen molar-refractivity contribution in [2.24, 2.45) is 9.98 Å². The number of ether oxygens (including phenoxy) is 5. The maximum atomic E-state index is 14.0. The van der Waals surface area contributed by atoms with Crippen LogP contribution in [0.1, 0.15) is 71.6 Å². The zero-order chi connectivity index (χ0) is 41.2. The van der Waals surface area contributed by atoms with Gasteiger partial charge in [0.2, 0.25) is 0 Å². The minimum Gasteiger partial charge on any atom is -0.493 e. The number of carbonyl (C=O) groups is 3. The molecule has 8 rings (SSSR count). The second-order valence-corrected chi connectivity index (χ2v) is 14.6. The molecule has 4 aromatic carbocycles. The predicted molar refractivity (Wildman–Crippen MR) is 221 cm³/mol. The molecule has 1 aromatic heterocycles. The van der Waals surface area contributed by atoms with Crippen LogP contribution in [0.2, 0.25) is 0 Å². The van der Waals surface area contributed by atoms with Gasteiger partial charge < -0.3 is 33.5 Å². The first-order valence-electron chi connectivity index (χ1n) is 19.2. The summed E-state index contributed by atoms with van der Waals surface area (Å²) in [7, 11) is 4.29. The van der Waals surface area contributed by atoms with Gasteiger partial charge in [-0.2, -0.15) is 0 Å². The SMILES string of the molecule is C=Nc1cc(OCc2cc(C(=O)OC)cc(COc3cc4c(cc3OC)C(=O)N3Cc5ccccc5C[C@H]3C=N4)n2)c(OC)cc1C(=O)N1Cc2ccccc2C[C@H]1C. The van der Waals surface area contributed by atoms with E-state index in [0.29, 0.717) is 76.4 Å². The van der Waals surface area contributed by atoms with E-state index < -0.39 is 5.97 Å². The van der Waals surface area contributed by atoms with Gasteiger partial charge in [-0.1, -0.05) is 48.5 Å². The van der Waals surface area contributed by atoms with Crippen molar-refractivity contribution in [2.45, 2.75) is 58.2 Å². The molecular weight excluding hydrogens is 751 g/mol. The number of nitrogens with zero attached hydrogens (tertiary/aromatic N) is 5. The molecule has 0 saturated carbocycles. The number of esters is 1. The van der Waals surface area contributed by atoms with Gasteiger partial charge in [-0.3, -0.25) is 24.6 Å². The first-order valence-corrected chi connectivity index (χ1v) is 19.2. The fraction of sp³-hybridized carbons (Fsp3) is 0.261. The van der Waals surface area contributed by atoms with Crippen molar-refractivity contribution in [1.82, 2.24) is 14.8 Å². The van der Waals surface area contributed by atoms with Crippen molar-refractivity contribution in [3.05, 3.63) is 135 Å². The van der Waals surface area contributed by atoms with E-state index in [2.05, 4.69) is 23.8 Å². The van der Waals surface area contributed by atoms with Gasteiger partial charge in [-0.15, -0.1) is 0 Å². The summed E-state index contributed by atoms with van der Waals surface area (Å²) in [6, 6.07) is 25.7. The Labute approximate surface area is 341 Å². The number of benzene rings is 4. The van der Waals surface area contributed by atoms with Crippen LogP contribution in [0.25, 0.3) is 0 Å². The van der Waals surface area contributed by atoms with Crippen molar-refractivity contribution in [3.8, 4) is 23.0 Å². The summed E-state index contributed by atoms with van der Waals surface area (Å²) in [6.07, 6.45) is 3.23. The fourth-order valence-electron chi connectivity index (χ4n) is 7.89. The lowest BCUT2D eigenvalue weighted by molar-refractivity contribution is 0.0598. The van der Waals surface area contributed by atoms with Crippen LogP contribution in [0.15, 0.2) is 94.9 Å². The average molecular weight is 794 g/mol. The highest BCUT2D eigenvalue weighted by atomic mass is 16.5. The highest BCUT2D eigenvalue weighted by molar-refractivity contribution is 6.03. The normalized spacial score (nSPS) is 16.4. The predicted octanol–water partition coefficient (Wildman–Crippen LogP) is 7.25. The van der Waals surface area contributed by atoms with Gasteiger partial charge >= 0.3 is 5.97 Å². The largest absolute Gasteiger partial charge is 0.493 e. The van der Waals surface area contributed by atoms with Crippen LogP contribution >= 0.6 is 0 Å². The zero-order valence-electron chi connectivity index (χ0n) is 33.3. The molecule has 13 heteroatoms. The molecule has 13 nitrogen and oxygen atoms in total. The first-order chi connectivity index (χ1) is 28.7. The van der Waals surface area contributed by atoms with Crippen molar-refractivity contribution < 1.29 is 38.1 Å². The molecule has 0 N–H and O–H groups in total. The zero-order valence-corrected chi connectivity index (χ0v) is 33.3. The van der Waals surface area contributed by atoms with Crippen LogP contribution in [0.4, 0.5) is 11.4 Å². The Morgan fingerprint density at radius 2 is 1.39 bits per heavy atom. The van der Waals surface area contributed by atoms with E-state index in [4.69, 9.17) is 33.7 Å². The Morgan fingerprint density at radius 3 is 2.03 bits per heavy atom. The molecule has 2 atom stereocenters. The van der Waals surface area contributed by atoms with Gasteiger partial charge in [0.05, 0.1) is 66.8 Å². The number of hydrogen-bond acceptors (Lipinski definition) is 11. The van der Waals surface area contributed by atoms with Crippen molar-refractivity contribution in [3.63, 3.8) is 0 Å². The summed E-state index contributed by atoms with van der Waals surface area (Å²) >= 11 is 0. The van der Waals surface area contributed by atoms with E-state index in [1.54, 1.807) is 36.4 Å². The third-order valence-corrected chi connectivity index (χ3v) is 11.0. The molecule has 0 saturated heterocycles. The molecule has 0 aliphatic carbocycles. The second-order valence-electron chi connectivity index (χ2n) is 14.6. The number of pyridine rings is 1. The van der Waals surface area contributed by atoms with Crippen molar-refractivity contribution in [1.29, 1.82) is 0 Å². The van der Waals surface area contributed by atoms with Crippen LogP contribution in [0, 0.1) is 0 Å². The molecule has 0 radical (unpaired) electrons. The van der Waals surface area contributed by atoms with E-state index in [1.165, 1.54) is 32.5 Å². The number of hydrogen-bond donors (Lipinski definition) is 0. The molecule has 0 fully saturated rings. The lowest BCUT2D eigenvalue weighted by atomic mass is 9.94. The molecule has 2 amide bonds. The van der Waals surface area contributed by atoms with Gasteiger partial charge in [-0.05, 0) is 73.0 Å². The molecular formula is C46H43N5O8. The van der Waals surface area contributed by atoms with Gasteiger partial charge in [0.1, 0.15) is 13.2 Å². The quantitative estimate of drug-likeness (QED) is 0.0999. The van der Waals surface area contributed by atoms with Crippen LogP contribution in [0.3, 0.4) is 0 Å². The van der Waals surface area contributed by atoms with Crippen LogP contribution in [0.5, 0.6) is 23.0 Å². The Balaban J connectivity index is 1.01. The maximum absolute atomic E-state index is 14.0. The molecule has 4 heterocycles. The number of fused-ring (bicyclic) bond motifs is 4. The van der Waals surface area contributed by atoms with Gasteiger partial charge in [-0.25, -0.2) is 4.79 Å². The number of amides is 2. The van der Waals surface area contributed by atoms with Gasteiger partial charge in [0.25, 0.3) is 11.8 Å². The maximum Gasteiger partial charge on any atom is 0.337 e. The van der Waals surface area contributed by atoms with Crippen LogP contribution in [-0.4, -0.2) is 78.9 Å². The monoisotopic (exact) mass is 793 g/mol. The molecule has 0 unspecified atom stereocenters. The Bertz CT molecular complexity index is 2520. The minimum absolute atomic E-state index is 0.0273. The summed E-state index contributed by atoms with van der Waals surface area (Å²) in [5.74, 6) is 0.396. The van der Waals surface area contributed by atoms with Crippen molar-refractivity contribution >= 4 is 42.1 Å². The molecule has 59 heavy (non-hydrogen) atoms. The smallest absolute Gasteiger partial charge is 0.337 e. The van der Waals surface area contributed by atoms with Gasteiger partial charge in [0.15, 0.2) is 23.0 Å². The lowest BCUT2D eigenvalue weighted by Gasteiger charge is -2.35. The standard InChI is InChI=1S/C46H43N5O8/c1-27-14-28-10-6-8-12-30(28)23-50(27)44(52)36-18-40(55-3)42(20-38(36)47-2)58-25-33-15-32(46(54)57-5)16-34(49-33)26-59-43-21-39-37(19-41(43)56-4)45(53)51-24-31-13-9-7-11-29(31)17-35(51)22-48-39/h6-13,15-16,18-22,27,35H,2,14,17,23-26H2,1,3-5H3/t27-,35+/m1/s1. The summed E-state index contributed by atoms with van der Waals surface area (Å²) in [6.45, 7) is 6.56. The second kappa shape index (κ2) is 16.5. The third kappa shape index (κ3) is 7.71. The highest BCUT2D eigenvalue weighted by Crippen LogP contribution is 2.40. The highest BCUT2D eigenvalue weighted by Gasteiger charge is 2.34. The molecule has 5 aromatic rings. The molecule has 3 aliphatic rings. The summed E-state index contributed by atoms with van der Waals surface area (Å²) in [5, 5.41) is 0. The van der Waals surface area contributed by atoms with Gasteiger partial charge in [0, 0.05) is 37.5 Å². The number of aromatic nitrogens is 1. The topological polar surface area (TPSA) is 141 Å². The average Bonchev–Trinajstić information content (AvgIpc) is 3.39. The lowest BCUT2D eigenvalue weighted by Crippen LogP contribution is -2.44. The summed E-state index contributed by atoms with van der Waals surface area (Å²) in [4.78, 5) is 57.9. The van der Waals surface area contributed by atoms with Crippen LogP contribution < -0.4 is 18.9 Å². The Hall–Kier alpha value is -7.02. The van der Waals surface area contributed by atoms with E-state index in [0.717, 1.165) is 17.5 Å². The van der Waals surface area contributed by atoms with Crippen LogP contribution in [-0.2, 0) is 43.9 Å². The minimum atomic E-state index is -0.572. The van der Waals surface area contributed by atoms with E-state index >= 15 is 0 Å². The number of carbonyl (C=O) groups excluding carboxylic acids is 3. The number of aliphatic imine (C=N–C) groups is 2. The molecule has 300 valence electrons. The Morgan fingerprint density at radius 1 is 0.780 bits per heavy atom. The van der Waals surface area contributed by atoms with E-state index in [-0.39, 0.29) is 42.7 Å². The fourth-order valence-corrected chi connectivity index (χ4v) is 7.89. The third-order valence-electron chi connectivity index (χ3n) is 11.0. The molecule has 0 bridgehead atoms.